The topological polar surface area (TPSA) is 80.7 Å². The van der Waals surface area contributed by atoms with Gasteiger partial charge in [-0.3, -0.25) is 4.79 Å². The van der Waals surface area contributed by atoms with Gasteiger partial charge in [-0.05, 0) is 80.5 Å². The van der Waals surface area contributed by atoms with Crippen molar-refractivity contribution in [2.75, 3.05) is 64.6 Å². The number of nitrogens with zero attached hydrogens (tertiary/aromatic N) is 3. The number of rotatable bonds is 9. The van der Waals surface area contributed by atoms with Crippen molar-refractivity contribution in [3.63, 3.8) is 0 Å². The molecule has 1 aromatic carbocycles. The SMILES string of the molecule is CSc1ccc(NC(=O)c2ccc(NSCCO)cc2N2CCC3(CC2)CC3)nc1N1CCC(F)CC1. The Balaban J connectivity index is 1.36. The maximum absolute atomic E-state index is 13.7. The first-order chi connectivity index (χ1) is 18.0. The average Bonchev–Trinajstić information content (AvgIpc) is 3.68. The minimum Gasteiger partial charge on any atom is -0.395 e. The molecule has 7 nitrogen and oxygen atoms in total. The van der Waals surface area contributed by atoms with E-state index in [2.05, 4.69) is 19.8 Å². The maximum Gasteiger partial charge on any atom is 0.258 e. The molecule has 1 saturated carbocycles. The van der Waals surface area contributed by atoms with Crippen LogP contribution in [0.2, 0.25) is 0 Å². The Morgan fingerprint density at radius 3 is 2.54 bits per heavy atom. The summed E-state index contributed by atoms with van der Waals surface area (Å²) in [4.78, 5) is 23.8. The van der Waals surface area contributed by atoms with Gasteiger partial charge in [0.05, 0.1) is 17.9 Å². The first-order valence-corrected chi connectivity index (χ1v) is 15.3. The molecule has 1 aliphatic carbocycles. The molecule has 200 valence electrons. The number of hydrogen-bond donors (Lipinski definition) is 3. The lowest BCUT2D eigenvalue weighted by molar-refractivity contribution is 0.102. The van der Waals surface area contributed by atoms with Crippen LogP contribution in [0.4, 0.5) is 27.4 Å². The first kappa shape index (κ1) is 26.4. The number of benzene rings is 1. The second kappa shape index (κ2) is 11.7. The molecule has 1 aromatic heterocycles. The lowest BCUT2D eigenvalue weighted by atomic mass is 9.93. The number of nitrogens with one attached hydrogen (secondary N) is 2. The van der Waals surface area contributed by atoms with Gasteiger partial charge in [0.1, 0.15) is 17.8 Å². The molecular formula is C27H36FN5O2S2. The van der Waals surface area contributed by atoms with Gasteiger partial charge in [-0.2, -0.15) is 0 Å². The number of anilines is 4. The highest BCUT2D eigenvalue weighted by molar-refractivity contribution is 8.00. The van der Waals surface area contributed by atoms with Crippen molar-refractivity contribution in [3.8, 4) is 0 Å². The third kappa shape index (κ3) is 6.29. The lowest BCUT2D eigenvalue weighted by Crippen LogP contribution is -2.36. The molecule has 37 heavy (non-hydrogen) atoms. The normalized spacial score (nSPS) is 19.2. The van der Waals surface area contributed by atoms with E-state index in [-0.39, 0.29) is 12.5 Å². The number of piperidine rings is 2. The van der Waals surface area contributed by atoms with Crippen molar-refractivity contribution in [1.29, 1.82) is 0 Å². The molecule has 2 saturated heterocycles. The number of hydrogen-bond acceptors (Lipinski definition) is 8. The van der Waals surface area contributed by atoms with E-state index in [1.54, 1.807) is 11.8 Å². The average molecular weight is 546 g/mol. The van der Waals surface area contributed by atoms with E-state index in [9.17, 15) is 9.18 Å². The number of halogens is 1. The molecule has 0 radical (unpaired) electrons. The zero-order valence-electron chi connectivity index (χ0n) is 21.3. The van der Waals surface area contributed by atoms with Gasteiger partial charge in [0.2, 0.25) is 0 Å². The number of carbonyl (C=O) groups excluding carboxylic acids is 1. The number of alkyl halides is 1. The third-order valence-corrected chi connectivity index (χ3v) is 9.30. The predicted molar refractivity (Wildman–Crippen MR) is 153 cm³/mol. The summed E-state index contributed by atoms with van der Waals surface area (Å²) < 4.78 is 17.0. The minimum absolute atomic E-state index is 0.106. The van der Waals surface area contributed by atoms with Crippen molar-refractivity contribution in [3.05, 3.63) is 35.9 Å². The van der Waals surface area contributed by atoms with Gasteiger partial charge in [-0.1, -0.05) is 11.9 Å². The van der Waals surface area contributed by atoms with Crippen LogP contribution < -0.4 is 19.8 Å². The fourth-order valence-electron chi connectivity index (χ4n) is 5.26. The number of pyridine rings is 1. The Bertz CT molecular complexity index is 1100. The summed E-state index contributed by atoms with van der Waals surface area (Å²) in [5, 5.41) is 12.1. The van der Waals surface area contributed by atoms with Crippen molar-refractivity contribution >= 4 is 52.6 Å². The van der Waals surface area contributed by atoms with E-state index in [4.69, 9.17) is 10.1 Å². The summed E-state index contributed by atoms with van der Waals surface area (Å²) in [6.07, 6.45) is 7.26. The highest BCUT2D eigenvalue weighted by atomic mass is 32.2. The van der Waals surface area contributed by atoms with Crippen molar-refractivity contribution < 1.29 is 14.3 Å². The second-order valence-corrected chi connectivity index (χ2v) is 12.0. The zero-order chi connectivity index (χ0) is 25.8. The molecule has 10 heteroatoms. The number of aliphatic hydroxyl groups is 1. The van der Waals surface area contributed by atoms with Crippen LogP contribution in [0, 0.1) is 5.41 Å². The molecule has 1 spiro atoms. The summed E-state index contributed by atoms with van der Waals surface area (Å²) >= 11 is 3.06. The fourth-order valence-corrected chi connectivity index (χ4v) is 6.31. The van der Waals surface area contributed by atoms with Gasteiger partial charge >= 0.3 is 0 Å². The van der Waals surface area contributed by atoms with Gasteiger partial charge < -0.3 is 24.9 Å². The molecule has 3 N–H and O–H groups in total. The molecule has 2 aliphatic heterocycles. The highest BCUT2D eigenvalue weighted by Gasteiger charge is 2.44. The van der Waals surface area contributed by atoms with Crippen molar-refractivity contribution in [2.24, 2.45) is 5.41 Å². The van der Waals surface area contributed by atoms with Crippen LogP contribution in [0.25, 0.3) is 0 Å². The van der Waals surface area contributed by atoms with Crippen LogP contribution >= 0.6 is 23.7 Å². The van der Waals surface area contributed by atoms with E-state index in [0.29, 0.717) is 48.5 Å². The van der Waals surface area contributed by atoms with Crippen molar-refractivity contribution in [1.82, 2.24) is 4.98 Å². The number of thioether (sulfide) groups is 1. The van der Waals surface area contributed by atoms with E-state index >= 15 is 0 Å². The van der Waals surface area contributed by atoms with Gasteiger partial charge in [-0.25, -0.2) is 9.37 Å². The molecule has 3 fully saturated rings. The zero-order valence-corrected chi connectivity index (χ0v) is 23.0. The Morgan fingerprint density at radius 2 is 1.86 bits per heavy atom. The molecule has 3 aliphatic rings. The summed E-state index contributed by atoms with van der Waals surface area (Å²) in [7, 11) is 0. The highest BCUT2D eigenvalue weighted by Crippen LogP contribution is 2.54. The molecule has 1 amide bonds. The maximum atomic E-state index is 13.7. The Hall–Kier alpha value is -2.17. The molecule has 5 rings (SSSR count). The third-order valence-electron chi connectivity index (χ3n) is 7.77. The monoisotopic (exact) mass is 545 g/mol. The minimum atomic E-state index is -0.751. The smallest absolute Gasteiger partial charge is 0.258 e. The molecule has 0 atom stereocenters. The summed E-state index contributed by atoms with van der Waals surface area (Å²) in [6, 6.07) is 9.65. The van der Waals surface area contributed by atoms with E-state index in [1.165, 1.54) is 37.6 Å². The van der Waals surface area contributed by atoms with Crippen LogP contribution in [0.5, 0.6) is 0 Å². The molecule has 2 aromatic rings. The van der Waals surface area contributed by atoms with Gasteiger partial charge in [-0.15, -0.1) is 11.8 Å². The van der Waals surface area contributed by atoms with Crippen LogP contribution in [0.1, 0.15) is 48.9 Å². The molecule has 3 heterocycles. The number of carbonyl (C=O) groups is 1. The lowest BCUT2D eigenvalue weighted by Gasteiger charge is -2.35. The van der Waals surface area contributed by atoms with Crippen LogP contribution in [-0.4, -0.2) is 67.0 Å². The Labute approximate surface area is 227 Å². The van der Waals surface area contributed by atoms with Gasteiger partial charge in [0, 0.05) is 42.5 Å². The summed E-state index contributed by atoms with van der Waals surface area (Å²) in [5.74, 6) is 1.72. The molecule has 0 unspecified atom stereocenters. The summed E-state index contributed by atoms with van der Waals surface area (Å²) in [6.45, 7) is 3.26. The number of aromatic nitrogens is 1. The Morgan fingerprint density at radius 1 is 1.11 bits per heavy atom. The fraction of sp³-hybridized carbons (Fsp3) is 0.556. The molecule has 0 bridgehead atoms. The molecular weight excluding hydrogens is 509 g/mol. The number of aliphatic hydroxyl groups excluding tert-OH is 1. The van der Waals surface area contributed by atoms with E-state index < -0.39 is 6.17 Å². The quantitative estimate of drug-likeness (QED) is 0.219. The standard InChI is InChI=1S/C27H36FN5O2S2/c1-36-23-4-5-24(29-25(23)33-12-6-19(28)7-13-33)30-26(35)21-3-2-20(31-37-17-16-34)18-22(21)32-14-10-27(8-9-27)11-15-32/h2-5,18-19,31,34H,6-17H2,1H3,(H,29,30,35). The summed E-state index contributed by atoms with van der Waals surface area (Å²) in [5.41, 5.74) is 3.01. The predicted octanol–water partition coefficient (Wildman–Crippen LogP) is 5.43. The van der Waals surface area contributed by atoms with Crippen LogP contribution in [0.3, 0.4) is 0 Å². The Kier molecular flexibility index (Phi) is 8.36. The van der Waals surface area contributed by atoms with E-state index in [1.807, 2.05) is 36.6 Å². The number of amides is 1. The van der Waals surface area contributed by atoms with E-state index in [0.717, 1.165) is 35.2 Å². The second-order valence-electron chi connectivity index (χ2n) is 10.2. The first-order valence-electron chi connectivity index (χ1n) is 13.1. The largest absolute Gasteiger partial charge is 0.395 e. The van der Waals surface area contributed by atoms with Crippen LogP contribution in [-0.2, 0) is 0 Å². The van der Waals surface area contributed by atoms with Crippen LogP contribution in [0.15, 0.2) is 35.2 Å². The van der Waals surface area contributed by atoms with Gasteiger partial charge in [0.25, 0.3) is 5.91 Å². The van der Waals surface area contributed by atoms with Crippen molar-refractivity contribution in [2.45, 2.75) is 49.6 Å². The van der Waals surface area contributed by atoms with Gasteiger partial charge in [0.15, 0.2) is 0 Å².